The third-order valence-corrected chi connectivity index (χ3v) is 8.47. The molecule has 4 bridgehead atoms. The molecule has 5 fully saturated rings. The van der Waals surface area contributed by atoms with E-state index in [2.05, 4.69) is 11.8 Å². The van der Waals surface area contributed by atoms with Crippen molar-refractivity contribution in [1.82, 2.24) is 9.80 Å². The molecule has 4 aliphatic carbocycles. The Morgan fingerprint density at radius 3 is 2.10 bits per heavy atom. The molecule has 4 nitrogen and oxygen atoms in total. The molecule has 1 saturated heterocycles. The lowest BCUT2D eigenvalue weighted by Gasteiger charge is -2.55. The fourth-order valence-corrected chi connectivity index (χ4v) is 7.38. The van der Waals surface area contributed by atoms with Crippen molar-refractivity contribution in [1.29, 1.82) is 0 Å². The zero-order chi connectivity index (χ0) is 20.7. The van der Waals surface area contributed by atoms with Gasteiger partial charge in [-0.15, -0.1) is 0 Å². The van der Waals surface area contributed by atoms with Gasteiger partial charge in [0.25, 0.3) is 5.91 Å². The fraction of sp³-hybridized carbons (Fsp3) is 0.692. The predicted octanol–water partition coefficient (Wildman–Crippen LogP) is 4.60. The molecule has 1 aliphatic heterocycles. The summed E-state index contributed by atoms with van der Waals surface area (Å²) in [6, 6.07) is 9.89. The topological polar surface area (TPSA) is 40.6 Å². The summed E-state index contributed by atoms with van der Waals surface area (Å²) < 4.78 is 0. The lowest BCUT2D eigenvalue weighted by atomic mass is 9.51. The van der Waals surface area contributed by atoms with E-state index in [0.29, 0.717) is 23.8 Å². The maximum Gasteiger partial charge on any atom is 0.253 e. The standard InChI is InChI=1S/C26H36N2O2/c1-2-10-28(26(30)24-21-14-18-13-19(16-21)17-22(24)15-18)23-8-11-27(12-9-23)25(29)20-6-4-3-5-7-20/h3-7,18-19,21-24H,2,8-17H2,1H3. The normalized spacial score (nSPS) is 33.0. The minimum absolute atomic E-state index is 0.128. The van der Waals surface area contributed by atoms with Crippen molar-refractivity contribution in [3.8, 4) is 0 Å². The summed E-state index contributed by atoms with van der Waals surface area (Å²) in [5.74, 6) is 3.97. The van der Waals surface area contributed by atoms with Crippen LogP contribution in [0.15, 0.2) is 30.3 Å². The van der Waals surface area contributed by atoms with Gasteiger partial charge >= 0.3 is 0 Å². The average Bonchev–Trinajstić information content (AvgIpc) is 2.77. The van der Waals surface area contributed by atoms with Crippen molar-refractivity contribution in [2.45, 2.75) is 64.3 Å². The molecule has 1 aromatic rings. The Bertz CT molecular complexity index is 740. The molecule has 2 amide bonds. The highest BCUT2D eigenvalue weighted by Crippen LogP contribution is 2.57. The highest BCUT2D eigenvalue weighted by Gasteiger charge is 2.52. The Labute approximate surface area is 181 Å². The van der Waals surface area contributed by atoms with Crippen LogP contribution in [-0.2, 0) is 4.79 Å². The van der Waals surface area contributed by atoms with E-state index in [1.54, 1.807) is 0 Å². The molecule has 0 aromatic heterocycles. The summed E-state index contributed by atoms with van der Waals surface area (Å²) in [4.78, 5) is 30.8. The largest absolute Gasteiger partial charge is 0.339 e. The SMILES string of the molecule is CCCN(C(=O)C1C2CC3CC(C2)CC1C3)C1CCN(C(=O)c2ccccc2)CC1. The first kappa shape index (κ1) is 20.1. The molecule has 30 heavy (non-hydrogen) atoms. The molecule has 4 heteroatoms. The van der Waals surface area contributed by atoms with Crippen LogP contribution in [0.5, 0.6) is 0 Å². The molecule has 162 valence electrons. The van der Waals surface area contributed by atoms with Crippen LogP contribution in [0.2, 0.25) is 0 Å². The number of benzene rings is 1. The van der Waals surface area contributed by atoms with Gasteiger partial charge < -0.3 is 9.80 Å². The summed E-state index contributed by atoms with van der Waals surface area (Å²) >= 11 is 0. The van der Waals surface area contributed by atoms with Crippen molar-refractivity contribution < 1.29 is 9.59 Å². The first-order chi connectivity index (χ1) is 14.6. The van der Waals surface area contributed by atoms with Crippen molar-refractivity contribution in [3.63, 3.8) is 0 Å². The smallest absolute Gasteiger partial charge is 0.253 e. The van der Waals surface area contributed by atoms with Crippen LogP contribution in [0.3, 0.4) is 0 Å². The van der Waals surface area contributed by atoms with Gasteiger partial charge in [-0.05, 0) is 87.2 Å². The minimum Gasteiger partial charge on any atom is -0.339 e. The summed E-state index contributed by atoms with van der Waals surface area (Å²) in [6.07, 6.45) is 9.47. The fourth-order valence-electron chi connectivity index (χ4n) is 7.38. The lowest BCUT2D eigenvalue weighted by Crippen LogP contribution is -2.55. The van der Waals surface area contributed by atoms with E-state index in [9.17, 15) is 9.59 Å². The predicted molar refractivity (Wildman–Crippen MR) is 118 cm³/mol. The Hall–Kier alpha value is -1.84. The Morgan fingerprint density at radius 2 is 1.53 bits per heavy atom. The average molecular weight is 409 g/mol. The molecule has 0 N–H and O–H groups in total. The molecule has 1 heterocycles. The van der Waals surface area contributed by atoms with Gasteiger partial charge in [0.2, 0.25) is 5.91 Å². The third-order valence-electron chi connectivity index (χ3n) is 8.47. The number of hydrogen-bond acceptors (Lipinski definition) is 2. The molecule has 0 radical (unpaired) electrons. The molecule has 4 saturated carbocycles. The van der Waals surface area contributed by atoms with Crippen LogP contribution in [0.25, 0.3) is 0 Å². The van der Waals surface area contributed by atoms with Crippen molar-refractivity contribution >= 4 is 11.8 Å². The Balaban J connectivity index is 1.24. The minimum atomic E-state index is 0.128. The van der Waals surface area contributed by atoms with Gasteiger partial charge in [0, 0.05) is 37.2 Å². The Morgan fingerprint density at radius 1 is 0.933 bits per heavy atom. The molecular weight excluding hydrogens is 372 g/mol. The number of rotatable bonds is 5. The molecule has 5 aliphatic rings. The number of likely N-dealkylation sites (tertiary alicyclic amines) is 1. The number of piperidine rings is 1. The monoisotopic (exact) mass is 408 g/mol. The lowest BCUT2D eigenvalue weighted by molar-refractivity contribution is -0.152. The summed E-state index contributed by atoms with van der Waals surface area (Å²) in [5.41, 5.74) is 0.769. The third kappa shape index (κ3) is 3.67. The molecular formula is C26H36N2O2. The van der Waals surface area contributed by atoms with E-state index in [4.69, 9.17) is 0 Å². The van der Waals surface area contributed by atoms with Gasteiger partial charge in [0.1, 0.15) is 0 Å². The van der Waals surface area contributed by atoms with E-state index >= 15 is 0 Å². The van der Waals surface area contributed by atoms with Crippen molar-refractivity contribution in [2.75, 3.05) is 19.6 Å². The van der Waals surface area contributed by atoms with Gasteiger partial charge in [-0.3, -0.25) is 9.59 Å². The quantitative estimate of drug-likeness (QED) is 0.714. The van der Waals surface area contributed by atoms with Gasteiger partial charge in [-0.2, -0.15) is 0 Å². The van der Waals surface area contributed by atoms with Crippen LogP contribution in [0.1, 0.15) is 68.6 Å². The van der Waals surface area contributed by atoms with Crippen LogP contribution in [0, 0.1) is 29.6 Å². The van der Waals surface area contributed by atoms with Crippen LogP contribution < -0.4 is 0 Å². The van der Waals surface area contributed by atoms with E-state index < -0.39 is 0 Å². The van der Waals surface area contributed by atoms with E-state index in [-0.39, 0.29) is 11.8 Å². The summed E-state index contributed by atoms with van der Waals surface area (Å²) in [5, 5.41) is 0. The Kier molecular flexibility index (Phi) is 5.59. The number of nitrogens with zero attached hydrogens (tertiary/aromatic N) is 2. The van der Waals surface area contributed by atoms with E-state index in [0.717, 1.165) is 56.3 Å². The van der Waals surface area contributed by atoms with E-state index in [1.807, 2.05) is 35.2 Å². The highest BCUT2D eigenvalue weighted by molar-refractivity contribution is 5.94. The second-order valence-electron chi connectivity index (χ2n) is 10.4. The first-order valence-corrected chi connectivity index (χ1v) is 12.3. The summed E-state index contributed by atoms with van der Waals surface area (Å²) in [6.45, 7) is 4.57. The molecule has 0 spiro atoms. The number of carbonyl (C=O) groups excluding carboxylic acids is 2. The second kappa shape index (κ2) is 8.36. The van der Waals surface area contributed by atoms with E-state index in [1.165, 1.54) is 32.1 Å². The molecule has 1 aromatic carbocycles. The van der Waals surface area contributed by atoms with Gasteiger partial charge in [-0.25, -0.2) is 0 Å². The van der Waals surface area contributed by atoms with Crippen molar-refractivity contribution in [2.24, 2.45) is 29.6 Å². The van der Waals surface area contributed by atoms with Gasteiger partial charge in [0.15, 0.2) is 0 Å². The van der Waals surface area contributed by atoms with Gasteiger partial charge in [-0.1, -0.05) is 25.1 Å². The van der Waals surface area contributed by atoms with Crippen LogP contribution in [0.4, 0.5) is 0 Å². The zero-order valence-corrected chi connectivity index (χ0v) is 18.3. The maximum absolute atomic E-state index is 13.8. The van der Waals surface area contributed by atoms with Crippen molar-refractivity contribution in [3.05, 3.63) is 35.9 Å². The van der Waals surface area contributed by atoms with Crippen LogP contribution >= 0.6 is 0 Å². The maximum atomic E-state index is 13.8. The first-order valence-electron chi connectivity index (χ1n) is 12.3. The second-order valence-corrected chi connectivity index (χ2v) is 10.4. The highest BCUT2D eigenvalue weighted by atomic mass is 16.2. The molecule has 0 atom stereocenters. The molecule has 6 rings (SSSR count). The molecule has 0 unspecified atom stereocenters. The zero-order valence-electron chi connectivity index (χ0n) is 18.3. The number of amides is 2. The number of carbonyl (C=O) groups is 2. The summed E-state index contributed by atoms with van der Waals surface area (Å²) in [7, 11) is 0. The van der Waals surface area contributed by atoms with Gasteiger partial charge in [0.05, 0.1) is 0 Å². The number of hydrogen-bond donors (Lipinski definition) is 0. The van der Waals surface area contributed by atoms with Crippen LogP contribution in [-0.4, -0.2) is 47.3 Å².